The highest BCUT2D eigenvalue weighted by atomic mass is 28.4. The Morgan fingerprint density at radius 2 is 1.11 bits per heavy atom. The van der Waals surface area contributed by atoms with Gasteiger partial charge in [0.05, 0.1) is 17.3 Å². The van der Waals surface area contributed by atoms with E-state index in [1.807, 2.05) is 0 Å². The van der Waals surface area contributed by atoms with Crippen LogP contribution in [0.3, 0.4) is 0 Å². The van der Waals surface area contributed by atoms with Crippen LogP contribution in [-0.2, 0) is 22.5 Å². The normalized spacial score (nSPS) is 9.53. The molecule has 0 amide bonds. The highest BCUT2D eigenvalue weighted by Crippen LogP contribution is 2.18. The molecule has 0 unspecified atom stereocenters. The maximum absolute atomic E-state index is 9.62. The molecule has 0 bridgehead atoms. The van der Waals surface area contributed by atoms with Gasteiger partial charge in [0.2, 0.25) is 10.5 Å². The molecular formula is C12H24O5Si2. The van der Waals surface area contributed by atoms with Gasteiger partial charge in [-0.1, -0.05) is 19.7 Å². The van der Waals surface area contributed by atoms with Crippen molar-refractivity contribution in [3.05, 3.63) is 37.0 Å². The second-order valence-electron chi connectivity index (χ2n) is 3.97. The first kappa shape index (κ1) is 19.9. The monoisotopic (exact) mass is 304 g/mol. The van der Waals surface area contributed by atoms with E-state index in [9.17, 15) is 4.79 Å². The highest BCUT2D eigenvalue weighted by molar-refractivity contribution is 6.60. The van der Waals surface area contributed by atoms with E-state index >= 15 is 0 Å². The Bertz CT molecular complexity index is 311. The number of carbonyl (C=O) groups is 1. The zero-order valence-electron chi connectivity index (χ0n) is 12.7. The molecule has 0 aliphatic heterocycles. The van der Waals surface area contributed by atoms with Gasteiger partial charge in [-0.2, -0.15) is 0 Å². The maximum atomic E-state index is 9.62. The summed E-state index contributed by atoms with van der Waals surface area (Å²) in [6.45, 7) is 19.3. The van der Waals surface area contributed by atoms with Crippen LogP contribution in [0.15, 0.2) is 37.0 Å². The number of carbonyl (C=O) groups excluding carboxylic acids is 1. The summed E-state index contributed by atoms with van der Waals surface area (Å²) in [5.41, 5.74) is 0. The lowest BCUT2D eigenvalue weighted by Crippen LogP contribution is -2.40. The summed E-state index contributed by atoms with van der Waals surface area (Å²) in [5.74, 6) is 1.49. The summed E-state index contributed by atoms with van der Waals surface area (Å²) in [6.07, 6.45) is 0. The fraction of sp³-hybridized carbons (Fsp3) is 0.417. The third-order valence-electron chi connectivity index (χ3n) is 1.37. The molecule has 0 aromatic rings. The van der Waals surface area contributed by atoms with Crippen LogP contribution >= 0.6 is 0 Å². The van der Waals surface area contributed by atoms with Gasteiger partial charge < -0.3 is 17.7 Å². The Kier molecular flexibility index (Phi) is 9.88. The van der Waals surface area contributed by atoms with E-state index in [0.29, 0.717) is 27.8 Å². The third kappa shape index (κ3) is 14.5. The SMILES string of the molecule is C=C(C)O[Si](C)(OC(=C)C)OC(=C)C.CC(=O)O[SiH3]. The van der Waals surface area contributed by atoms with Gasteiger partial charge in [0, 0.05) is 13.5 Å². The van der Waals surface area contributed by atoms with Crippen molar-refractivity contribution >= 4 is 25.3 Å². The van der Waals surface area contributed by atoms with Gasteiger partial charge in [-0.15, -0.1) is 0 Å². The van der Waals surface area contributed by atoms with Gasteiger partial charge in [-0.3, -0.25) is 4.79 Å². The predicted octanol–water partition coefficient (Wildman–Crippen LogP) is 2.04. The van der Waals surface area contributed by atoms with E-state index in [1.165, 1.54) is 6.92 Å². The van der Waals surface area contributed by atoms with Crippen LogP contribution in [0.2, 0.25) is 6.55 Å². The van der Waals surface area contributed by atoms with Crippen molar-refractivity contribution in [2.45, 2.75) is 34.2 Å². The highest BCUT2D eigenvalue weighted by Gasteiger charge is 2.42. The first-order chi connectivity index (χ1) is 8.52. The Morgan fingerprint density at radius 1 is 0.895 bits per heavy atom. The molecule has 0 aliphatic carbocycles. The first-order valence-electron chi connectivity index (χ1n) is 5.60. The fourth-order valence-corrected chi connectivity index (χ4v) is 3.04. The van der Waals surface area contributed by atoms with E-state index in [4.69, 9.17) is 13.3 Å². The van der Waals surface area contributed by atoms with Crippen LogP contribution in [0.1, 0.15) is 27.7 Å². The van der Waals surface area contributed by atoms with Gasteiger partial charge in [-0.05, 0) is 20.8 Å². The minimum Gasteiger partial charge on any atom is -0.529 e. The molecule has 5 nitrogen and oxygen atoms in total. The van der Waals surface area contributed by atoms with Gasteiger partial charge in [-0.25, -0.2) is 0 Å². The average Bonchev–Trinajstić information content (AvgIpc) is 2.13. The Hall–Kier alpha value is -1.48. The van der Waals surface area contributed by atoms with Gasteiger partial charge in [0.25, 0.3) is 5.97 Å². The van der Waals surface area contributed by atoms with E-state index in [2.05, 4.69) is 24.2 Å². The van der Waals surface area contributed by atoms with Crippen molar-refractivity contribution in [2.24, 2.45) is 0 Å². The fourth-order valence-electron chi connectivity index (χ4n) is 1.01. The van der Waals surface area contributed by atoms with E-state index in [0.717, 1.165) is 0 Å². The molecule has 0 rings (SSSR count). The zero-order chi connectivity index (χ0) is 15.6. The van der Waals surface area contributed by atoms with E-state index in [1.54, 1.807) is 27.3 Å². The summed E-state index contributed by atoms with van der Waals surface area (Å²) in [5, 5.41) is 0. The van der Waals surface area contributed by atoms with Crippen LogP contribution in [-0.4, -0.2) is 25.3 Å². The standard InChI is InChI=1S/C10H18O3Si.C2H6O2Si/c1-8(2)11-14(7,12-9(3)4)13-10(5)6;1-2(3)4-5/h1,3,5H2,2,4,6-7H3;1,5H3. The number of rotatable bonds is 6. The van der Waals surface area contributed by atoms with E-state index < -0.39 is 8.80 Å². The molecule has 0 saturated carbocycles. The van der Waals surface area contributed by atoms with Crippen LogP contribution in [0.5, 0.6) is 0 Å². The quantitative estimate of drug-likeness (QED) is 0.555. The minimum absolute atomic E-state index is 0.184. The maximum Gasteiger partial charge on any atom is 0.695 e. The zero-order valence-corrected chi connectivity index (χ0v) is 15.7. The summed E-state index contributed by atoms with van der Waals surface area (Å²) in [4.78, 5) is 9.62. The lowest BCUT2D eigenvalue weighted by Gasteiger charge is -2.27. The van der Waals surface area contributed by atoms with Crippen LogP contribution in [0, 0.1) is 0 Å². The first-order valence-corrected chi connectivity index (χ1v) is 8.64. The van der Waals surface area contributed by atoms with Crippen molar-refractivity contribution in [1.82, 2.24) is 0 Å². The molecule has 0 spiro atoms. The molecule has 0 heterocycles. The van der Waals surface area contributed by atoms with Crippen LogP contribution in [0.4, 0.5) is 0 Å². The molecule has 0 fully saturated rings. The smallest absolute Gasteiger partial charge is 0.529 e. The lowest BCUT2D eigenvalue weighted by atomic mass is 10.7. The third-order valence-corrected chi connectivity index (χ3v) is 4.10. The number of hydrogen-bond acceptors (Lipinski definition) is 5. The van der Waals surface area contributed by atoms with E-state index in [-0.39, 0.29) is 5.97 Å². The number of hydrogen-bond donors (Lipinski definition) is 0. The number of allylic oxidation sites excluding steroid dienone is 3. The minimum atomic E-state index is -2.74. The second-order valence-corrected chi connectivity index (χ2v) is 6.72. The van der Waals surface area contributed by atoms with Gasteiger partial charge in [0.15, 0.2) is 0 Å². The molecule has 0 saturated heterocycles. The summed E-state index contributed by atoms with van der Waals surface area (Å²) >= 11 is 0. The van der Waals surface area contributed by atoms with Crippen molar-refractivity contribution in [2.75, 3.05) is 0 Å². The lowest BCUT2D eigenvalue weighted by molar-refractivity contribution is -0.131. The molecular weight excluding hydrogens is 280 g/mol. The van der Waals surface area contributed by atoms with Crippen molar-refractivity contribution in [1.29, 1.82) is 0 Å². The van der Waals surface area contributed by atoms with Crippen molar-refractivity contribution in [3.8, 4) is 0 Å². The predicted molar refractivity (Wildman–Crippen MR) is 81.0 cm³/mol. The summed E-state index contributed by atoms with van der Waals surface area (Å²) in [7, 11) is -2.21. The molecule has 7 heteroatoms. The average molecular weight is 304 g/mol. The molecule has 19 heavy (non-hydrogen) atoms. The van der Waals surface area contributed by atoms with Crippen LogP contribution in [0.25, 0.3) is 0 Å². The molecule has 0 aromatic heterocycles. The molecule has 0 N–H and O–H groups in total. The van der Waals surface area contributed by atoms with Crippen molar-refractivity contribution in [3.63, 3.8) is 0 Å². The topological polar surface area (TPSA) is 54.0 Å². The van der Waals surface area contributed by atoms with Crippen LogP contribution < -0.4 is 0 Å². The Morgan fingerprint density at radius 3 is 1.21 bits per heavy atom. The van der Waals surface area contributed by atoms with Crippen molar-refractivity contribution < 1.29 is 22.5 Å². The summed E-state index contributed by atoms with van der Waals surface area (Å²) < 4.78 is 20.6. The molecule has 0 aliphatic rings. The molecule has 0 atom stereocenters. The molecule has 110 valence electrons. The Balaban J connectivity index is 0. The molecule has 0 aromatic carbocycles. The largest absolute Gasteiger partial charge is 0.695 e. The van der Waals surface area contributed by atoms with Gasteiger partial charge in [0.1, 0.15) is 0 Å². The van der Waals surface area contributed by atoms with Gasteiger partial charge >= 0.3 is 8.80 Å². The summed E-state index contributed by atoms with van der Waals surface area (Å²) in [6, 6.07) is 0. The second kappa shape index (κ2) is 9.45. The Labute approximate surface area is 119 Å². The molecule has 0 radical (unpaired) electrons.